The number of aromatic nitrogens is 1. The number of amides is 1. The van der Waals surface area contributed by atoms with Crippen LogP contribution in [0.3, 0.4) is 0 Å². The quantitative estimate of drug-likeness (QED) is 0.644. The molecule has 2 heterocycles. The van der Waals surface area contributed by atoms with Crippen LogP contribution in [0.5, 0.6) is 5.75 Å². The first-order chi connectivity index (χ1) is 10.9. The van der Waals surface area contributed by atoms with E-state index >= 15 is 0 Å². The molecule has 0 aliphatic carbocycles. The monoisotopic (exact) mass is 306 g/mol. The number of methoxy groups -OCH3 is 1. The van der Waals surface area contributed by atoms with Gasteiger partial charge in [0.05, 0.1) is 29.4 Å². The Morgan fingerprint density at radius 2 is 1.91 bits per heavy atom. The minimum Gasteiger partial charge on any atom is -0.497 e. The van der Waals surface area contributed by atoms with Gasteiger partial charge in [0.15, 0.2) is 0 Å². The summed E-state index contributed by atoms with van der Waals surface area (Å²) >= 11 is 0. The molecule has 3 aromatic rings. The van der Waals surface area contributed by atoms with Crippen LogP contribution in [0.15, 0.2) is 36.4 Å². The number of pyridine rings is 1. The second-order valence-electron chi connectivity index (χ2n) is 6.53. The summed E-state index contributed by atoms with van der Waals surface area (Å²) in [6.45, 7) is 3.88. The van der Waals surface area contributed by atoms with E-state index in [-0.39, 0.29) is 5.91 Å². The largest absolute Gasteiger partial charge is 0.497 e. The Labute approximate surface area is 134 Å². The molecule has 0 radical (unpaired) electrons. The first-order valence-corrected chi connectivity index (χ1v) is 7.64. The fraction of sp³-hybridized carbons (Fsp3) is 0.263. The van der Waals surface area contributed by atoms with E-state index in [1.807, 2.05) is 51.2 Å². The van der Waals surface area contributed by atoms with Crippen molar-refractivity contribution >= 4 is 33.3 Å². The lowest BCUT2D eigenvalue weighted by atomic mass is 9.80. The van der Waals surface area contributed by atoms with E-state index in [0.717, 1.165) is 38.8 Å². The number of ether oxygens (including phenoxy) is 1. The SMILES string of the molecule is COc1ccc2c(c1)nc1c3c(cccc32)N(C)C(=O)C1(C)C. The van der Waals surface area contributed by atoms with Gasteiger partial charge in [-0.05, 0) is 37.4 Å². The van der Waals surface area contributed by atoms with Crippen LogP contribution in [0.2, 0.25) is 0 Å². The van der Waals surface area contributed by atoms with Crippen LogP contribution in [0.25, 0.3) is 21.7 Å². The highest BCUT2D eigenvalue weighted by Crippen LogP contribution is 2.43. The maximum atomic E-state index is 12.8. The second kappa shape index (κ2) is 4.44. The average molecular weight is 306 g/mol. The standard InChI is InChI=1S/C19H18N2O2/c1-19(2)17-16-13(6-5-7-15(16)21(3)18(19)22)12-9-8-11(23-4)10-14(12)20-17/h5-10H,1-4H3. The van der Waals surface area contributed by atoms with E-state index in [2.05, 4.69) is 6.07 Å². The summed E-state index contributed by atoms with van der Waals surface area (Å²) in [6.07, 6.45) is 0. The van der Waals surface area contributed by atoms with Crippen molar-refractivity contribution in [3.8, 4) is 5.75 Å². The van der Waals surface area contributed by atoms with Crippen LogP contribution in [-0.4, -0.2) is 25.0 Å². The molecule has 1 amide bonds. The highest BCUT2D eigenvalue weighted by molar-refractivity contribution is 6.19. The van der Waals surface area contributed by atoms with Crippen LogP contribution in [0, 0.1) is 0 Å². The van der Waals surface area contributed by atoms with E-state index in [4.69, 9.17) is 9.72 Å². The maximum absolute atomic E-state index is 12.8. The highest BCUT2D eigenvalue weighted by atomic mass is 16.5. The molecule has 0 N–H and O–H groups in total. The predicted molar refractivity (Wildman–Crippen MR) is 92.2 cm³/mol. The van der Waals surface area contributed by atoms with Gasteiger partial charge in [0.2, 0.25) is 5.91 Å². The second-order valence-corrected chi connectivity index (χ2v) is 6.53. The number of fused-ring (bicyclic) bond motifs is 2. The summed E-state index contributed by atoms with van der Waals surface area (Å²) in [5.74, 6) is 0.831. The number of rotatable bonds is 1. The fourth-order valence-corrected chi connectivity index (χ4v) is 3.51. The van der Waals surface area contributed by atoms with E-state index in [9.17, 15) is 4.79 Å². The first-order valence-electron chi connectivity index (χ1n) is 7.64. The number of anilines is 1. The molecule has 4 rings (SSSR count). The molecule has 0 unspecified atom stereocenters. The molecule has 0 spiro atoms. The molecular formula is C19H18N2O2. The van der Waals surface area contributed by atoms with Crippen molar-refractivity contribution in [1.82, 2.24) is 4.98 Å². The lowest BCUT2D eigenvalue weighted by Crippen LogP contribution is -2.45. The van der Waals surface area contributed by atoms with Gasteiger partial charge in [-0.1, -0.05) is 12.1 Å². The molecule has 1 aliphatic rings. The number of hydrogen-bond acceptors (Lipinski definition) is 3. The molecule has 0 saturated heterocycles. The summed E-state index contributed by atoms with van der Waals surface area (Å²) in [6, 6.07) is 12.0. The van der Waals surface area contributed by atoms with Crippen molar-refractivity contribution in [3.63, 3.8) is 0 Å². The smallest absolute Gasteiger partial charge is 0.238 e. The van der Waals surface area contributed by atoms with Gasteiger partial charge in [-0.25, -0.2) is 0 Å². The zero-order valence-corrected chi connectivity index (χ0v) is 13.7. The molecule has 1 aromatic heterocycles. The lowest BCUT2D eigenvalue weighted by molar-refractivity contribution is -0.123. The molecule has 2 aromatic carbocycles. The minimum absolute atomic E-state index is 0.0623. The molecule has 0 bridgehead atoms. The van der Waals surface area contributed by atoms with Gasteiger partial charge in [0, 0.05) is 23.9 Å². The molecule has 116 valence electrons. The number of carbonyl (C=O) groups excluding carboxylic acids is 1. The third-order valence-electron chi connectivity index (χ3n) is 4.80. The molecule has 4 heteroatoms. The fourth-order valence-electron chi connectivity index (χ4n) is 3.51. The molecule has 0 atom stereocenters. The minimum atomic E-state index is -0.654. The Bertz CT molecular complexity index is 976. The van der Waals surface area contributed by atoms with Crippen LogP contribution < -0.4 is 9.64 Å². The first kappa shape index (κ1) is 14.0. The van der Waals surface area contributed by atoms with E-state index in [0.29, 0.717) is 0 Å². The maximum Gasteiger partial charge on any atom is 0.238 e. The van der Waals surface area contributed by atoms with Crippen molar-refractivity contribution in [3.05, 3.63) is 42.1 Å². The number of likely N-dealkylation sites (N-methyl/N-ethyl adjacent to an activating group) is 1. The third kappa shape index (κ3) is 1.72. The van der Waals surface area contributed by atoms with Gasteiger partial charge < -0.3 is 9.64 Å². The van der Waals surface area contributed by atoms with Crippen molar-refractivity contribution in [2.45, 2.75) is 19.3 Å². The summed E-state index contributed by atoms with van der Waals surface area (Å²) < 4.78 is 5.32. The Balaban J connectivity index is 2.23. The summed E-state index contributed by atoms with van der Waals surface area (Å²) in [5.41, 5.74) is 1.96. The zero-order valence-electron chi connectivity index (χ0n) is 13.7. The number of benzene rings is 2. The van der Waals surface area contributed by atoms with Gasteiger partial charge in [-0.3, -0.25) is 9.78 Å². The Morgan fingerprint density at radius 3 is 2.65 bits per heavy atom. The van der Waals surface area contributed by atoms with Gasteiger partial charge >= 0.3 is 0 Å². The average Bonchev–Trinajstić information content (AvgIpc) is 2.57. The summed E-state index contributed by atoms with van der Waals surface area (Å²) in [4.78, 5) is 19.4. The van der Waals surface area contributed by atoms with Crippen molar-refractivity contribution in [1.29, 1.82) is 0 Å². The normalized spacial score (nSPS) is 16.2. The number of hydrogen-bond donors (Lipinski definition) is 0. The Hall–Kier alpha value is -2.62. The van der Waals surface area contributed by atoms with Crippen LogP contribution in [0.4, 0.5) is 5.69 Å². The van der Waals surface area contributed by atoms with Crippen LogP contribution >= 0.6 is 0 Å². The lowest BCUT2D eigenvalue weighted by Gasteiger charge is -2.36. The van der Waals surface area contributed by atoms with Gasteiger partial charge in [-0.15, -0.1) is 0 Å². The third-order valence-corrected chi connectivity index (χ3v) is 4.80. The predicted octanol–water partition coefficient (Wildman–Crippen LogP) is 3.65. The summed E-state index contributed by atoms with van der Waals surface area (Å²) in [7, 11) is 3.48. The van der Waals surface area contributed by atoms with E-state index in [1.165, 1.54) is 0 Å². The number of carbonyl (C=O) groups is 1. The number of nitrogens with zero attached hydrogens (tertiary/aromatic N) is 2. The van der Waals surface area contributed by atoms with Crippen molar-refractivity contribution < 1.29 is 9.53 Å². The molecular weight excluding hydrogens is 288 g/mol. The van der Waals surface area contributed by atoms with Gasteiger partial charge in [0.1, 0.15) is 5.75 Å². The molecule has 0 fully saturated rings. The van der Waals surface area contributed by atoms with Crippen LogP contribution in [0.1, 0.15) is 19.5 Å². The Morgan fingerprint density at radius 1 is 1.13 bits per heavy atom. The summed E-state index contributed by atoms with van der Waals surface area (Å²) in [5, 5.41) is 3.26. The highest BCUT2D eigenvalue weighted by Gasteiger charge is 2.41. The van der Waals surface area contributed by atoms with Gasteiger partial charge in [-0.2, -0.15) is 0 Å². The van der Waals surface area contributed by atoms with Crippen LogP contribution in [-0.2, 0) is 10.2 Å². The topological polar surface area (TPSA) is 42.4 Å². The van der Waals surface area contributed by atoms with E-state index < -0.39 is 5.41 Å². The van der Waals surface area contributed by atoms with Crippen molar-refractivity contribution in [2.75, 3.05) is 19.1 Å². The van der Waals surface area contributed by atoms with Gasteiger partial charge in [0.25, 0.3) is 0 Å². The molecule has 0 saturated carbocycles. The van der Waals surface area contributed by atoms with Crippen molar-refractivity contribution in [2.24, 2.45) is 0 Å². The molecule has 1 aliphatic heterocycles. The zero-order chi connectivity index (χ0) is 16.4. The molecule has 23 heavy (non-hydrogen) atoms. The molecule has 4 nitrogen and oxygen atoms in total. The Kier molecular flexibility index (Phi) is 2.71. The van der Waals surface area contributed by atoms with E-state index in [1.54, 1.807) is 12.0 Å².